The number of carbonyl (C=O) groups excluding carboxylic acids is 2. The third-order valence-corrected chi connectivity index (χ3v) is 5.13. The molecule has 0 radical (unpaired) electrons. The fourth-order valence-corrected chi connectivity index (χ4v) is 3.53. The van der Waals surface area contributed by atoms with Gasteiger partial charge in [0.1, 0.15) is 0 Å². The molecule has 0 spiro atoms. The van der Waals surface area contributed by atoms with Gasteiger partial charge in [-0.1, -0.05) is 18.2 Å². The number of hydrogen-bond acceptors (Lipinski definition) is 5. The average molecular weight is 413 g/mol. The summed E-state index contributed by atoms with van der Waals surface area (Å²) in [5, 5.41) is 5.30. The van der Waals surface area contributed by atoms with E-state index in [0.29, 0.717) is 13.0 Å². The Balaban J connectivity index is 2.22. The summed E-state index contributed by atoms with van der Waals surface area (Å²) in [5.41, 5.74) is 10.4. The largest absolute Gasteiger partial charge is 0.370 e. The van der Waals surface area contributed by atoms with Gasteiger partial charge in [-0.2, -0.15) is 0 Å². The van der Waals surface area contributed by atoms with Crippen LogP contribution in [0.25, 0.3) is 0 Å². The molecule has 1 aromatic rings. The van der Waals surface area contributed by atoms with E-state index in [1.807, 2.05) is 0 Å². The molecule has 1 rings (SSSR count). The standard InChI is InChI=1S/C17H28N6O4S/c1-13(23-28(26,27)14-6-3-2-4-7-14)12-16(25)21-11-10-20-15(24)8-5-9-22-17(18)19/h2-4,6-7,13,23H,5,8-12H2,1H3,(H,20,24)(H,21,25)(H4,18,19,22). The number of benzene rings is 1. The van der Waals surface area contributed by atoms with Gasteiger partial charge < -0.3 is 22.1 Å². The molecule has 0 aromatic heterocycles. The van der Waals surface area contributed by atoms with Gasteiger partial charge in [0.05, 0.1) is 4.90 Å². The lowest BCUT2D eigenvalue weighted by molar-refractivity contribution is -0.123. The Bertz CT molecular complexity index is 763. The normalized spacial score (nSPS) is 12.0. The van der Waals surface area contributed by atoms with Crippen LogP contribution in [0.2, 0.25) is 0 Å². The number of sulfonamides is 1. The second-order valence-corrected chi connectivity index (χ2v) is 7.86. The second kappa shape index (κ2) is 11.9. The molecule has 10 nitrogen and oxygen atoms in total. The van der Waals surface area contributed by atoms with Crippen molar-refractivity contribution < 1.29 is 18.0 Å². The van der Waals surface area contributed by atoms with Crippen LogP contribution in [-0.4, -0.2) is 51.9 Å². The number of nitrogens with two attached hydrogens (primary N) is 2. The van der Waals surface area contributed by atoms with E-state index in [0.717, 1.165) is 0 Å². The van der Waals surface area contributed by atoms with Crippen molar-refractivity contribution in [1.29, 1.82) is 0 Å². The van der Waals surface area contributed by atoms with Gasteiger partial charge in [0.2, 0.25) is 21.8 Å². The minimum Gasteiger partial charge on any atom is -0.370 e. The van der Waals surface area contributed by atoms with Gasteiger partial charge in [-0.25, -0.2) is 13.1 Å². The molecule has 7 N–H and O–H groups in total. The first-order valence-corrected chi connectivity index (χ1v) is 10.3. The molecular weight excluding hydrogens is 384 g/mol. The predicted octanol–water partition coefficient (Wildman–Crippen LogP) is -0.970. The molecule has 0 aliphatic carbocycles. The highest BCUT2D eigenvalue weighted by molar-refractivity contribution is 7.89. The molecule has 0 aliphatic rings. The predicted molar refractivity (Wildman–Crippen MR) is 107 cm³/mol. The zero-order valence-electron chi connectivity index (χ0n) is 15.8. The van der Waals surface area contributed by atoms with Gasteiger partial charge in [-0.3, -0.25) is 14.6 Å². The number of amides is 2. The molecule has 156 valence electrons. The maximum atomic E-state index is 12.2. The van der Waals surface area contributed by atoms with Crippen LogP contribution in [0, 0.1) is 0 Å². The van der Waals surface area contributed by atoms with Gasteiger partial charge >= 0.3 is 0 Å². The molecule has 0 aliphatic heterocycles. The Morgan fingerprint density at radius 1 is 1.07 bits per heavy atom. The lowest BCUT2D eigenvalue weighted by atomic mass is 10.2. The van der Waals surface area contributed by atoms with Crippen molar-refractivity contribution in [1.82, 2.24) is 15.4 Å². The number of nitrogens with zero attached hydrogens (tertiary/aromatic N) is 1. The van der Waals surface area contributed by atoms with Crippen LogP contribution in [0.5, 0.6) is 0 Å². The Hall–Kier alpha value is -2.66. The summed E-state index contributed by atoms with van der Waals surface area (Å²) >= 11 is 0. The van der Waals surface area contributed by atoms with Crippen LogP contribution in [0.3, 0.4) is 0 Å². The lowest BCUT2D eigenvalue weighted by Gasteiger charge is -2.14. The maximum absolute atomic E-state index is 12.2. The molecule has 1 unspecified atom stereocenters. The summed E-state index contributed by atoms with van der Waals surface area (Å²) in [6, 6.07) is 7.36. The minimum absolute atomic E-state index is 0.0107. The van der Waals surface area contributed by atoms with E-state index < -0.39 is 16.1 Å². The van der Waals surface area contributed by atoms with Crippen LogP contribution < -0.4 is 26.8 Å². The van der Waals surface area contributed by atoms with Crippen molar-refractivity contribution in [3.63, 3.8) is 0 Å². The van der Waals surface area contributed by atoms with E-state index in [-0.39, 0.29) is 48.6 Å². The molecule has 0 fully saturated rings. The quantitative estimate of drug-likeness (QED) is 0.168. The van der Waals surface area contributed by atoms with E-state index in [9.17, 15) is 18.0 Å². The van der Waals surface area contributed by atoms with Gasteiger partial charge in [0.15, 0.2) is 5.96 Å². The summed E-state index contributed by atoms with van der Waals surface area (Å²) in [4.78, 5) is 27.4. The summed E-state index contributed by atoms with van der Waals surface area (Å²) in [5.74, 6) is -0.488. The molecule has 0 saturated carbocycles. The average Bonchev–Trinajstić information content (AvgIpc) is 2.62. The fourth-order valence-electron chi connectivity index (χ4n) is 2.26. The first kappa shape index (κ1) is 23.4. The second-order valence-electron chi connectivity index (χ2n) is 6.15. The van der Waals surface area contributed by atoms with Crippen LogP contribution in [-0.2, 0) is 19.6 Å². The van der Waals surface area contributed by atoms with Gasteiger partial charge in [-0.15, -0.1) is 0 Å². The van der Waals surface area contributed by atoms with Crippen LogP contribution in [0.15, 0.2) is 40.2 Å². The van der Waals surface area contributed by atoms with Crippen molar-refractivity contribution in [3.05, 3.63) is 30.3 Å². The number of rotatable bonds is 12. The van der Waals surface area contributed by atoms with Crippen LogP contribution >= 0.6 is 0 Å². The van der Waals surface area contributed by atoms with E-state index in [4.69, 9.17) is 11.5 Å². The molecule has 0 saturated heterocycles. The molecule has 1 atom stereocenters. The minimum atomic E-state index is -3.67. The Labute approximate surface area is 165 Å². The van der Waals surface area contributed by atoms with E-state index in [2.05, 4.69) is 20.3 Å². The van der Waals surface area contributed by atoms with Crippen molar-refractivity contribution in [2.45, 2.75) is 37.1 Å². The number of nitrogens with one attached hydrogen (secondary N) is 3. The molecule has 1 aromatic carbocycles. The molecule has 0 heterocycles. The molecule has 11 heteroatoms. The summed E-state index contributed by atoms with van der Waals surface area (Å²) in [6.45, 7) is 2.51. The Kier molecular flexibility index (Phi) is 9.96. The number of hydrogen-bond donors (Lipinski definition) is 5. The first-order valence-electron chi connectivity index (χ1n) is 8.87. The van der Waals surface area contributed by atoms with Crippen molar-refractivity contribution in [2.24, 2.45) is 16.5 Å². The zero-order valence-corrected chi connectivity index (χ0v) is 16.7. The molecule has 2 amide bonds. The Morgan fingerprint density at radius 3 is 2.29 bits per heavy atom. The first-order chi connectivity index (χ1) is 13.2. The molecule has 0 bridgehead atoms. The third kappa shape index (κ3) is 9.88. The number of guanidine groups is 1. The zero-order chi connectivity index (χ0) is 21.0. The summed E-state index contributed by atoms with van der Waals surface area (Å²) < 4.78 is 26.8. The highest BCUT2D eigenvalue weighted by Crippen LogP contribution is 2.08. The smallest absolute Gasteiger partial charge is 0.240 e. The summed E-state index contributed by atoms with van der Waals surface area (Å²) in [6.07, 6.45) is 0.788. The monoisotopic (exact) mass is 412 g/mol. The van der Waals surface area contributed by atoms with Crippen LogP contribution in [0.4, 0.5) is 0 Å². The Morgan fingerprint density at radius 2 is 1.68 bits per heavy atom. The highest BCUT2D eigenvalue weighted by Gasteiger charge is 2.18. The van der Waals surface area contributed by atoms with Crippen molar-refractivity contribution in [3.8, 4) is 0 Å². The lowest BCUT2D eigenvalue weighted by Crippen LogP contribution is -2.39. The number of carbonyl (C=O) groups is 2. The van der Waals surface area contributed by atoms with Gasteiger partial charge in [0, 0.05) is 38.5 Å². The summed E-state index contributed by atoms with van der Waals surface area (Å²) in [7, 11) is -3.67. The number of aliphatic imine (C=N–C) groups is 1. The van der Waals surface area contributed by atoms with Gasteiger partial charge in [0.25, 0.3) is 0 Å². The SMILES string of the molecule is CC(CC(=O)NCCNC(=O)CCCN=C(N)N)NS(=O)(=O)c1ccccc1. The molecule has 28 heavy (non-hydrogen) atoms. The highest BCUT2D eigenvalue weighted by atomic mass is 32.2. The maximum Gasteiger partial charge on any atom is 0.240 e. The van der Waals surface area contributed by atoms with Crippen LogP contribution in [0.1, 0.15) is 26.2 Å². The molecular formula is C17H28N6O4S. The van der Waals surface area contributed by atoms with E-state index in [1.165, 1.54) is 12.1 Å². The van der Waals surface area contributed by atoms with Crippen molar-refractivity contribution in [2.75, 3.05) is 19.6 Å². The van der Waals surface area contributed by atoms with Crippen molar-refractivity contribution >= 4 is 27.8 Å². The van der Waals surface area contributed by atoms with Gasteiger partial charge in [-0.05, 0) is 25.5 Å². The fraction of sp³-hybridized carbons (Fsp3) is 0.471. The van der Waals surface area contributed by atoms with E-state index in [1.54, 1.807) is 25.1 Å². The topological polar surface area (TPSA) is 169 Å². The third-order valence-electron chi connectivity index (χ3n) is 3.53. The van der Waals surface area contributed by atoms with E-state index >= 15 is 0 Å².